The van der Waals surface area contributed by atoms with E-state index in [1.54, 1.807) is 6.07 Å². The molecular weight excluding hydrogens is 304 g/mol. The van der Waals surface area contributed by atoms with Crippen molar-refractivity contribution in [3.63, 3.8) is 0 Å². The van der Waals surface area contributed by atoms with Crippen LogP contribution in [-0.2, 0) is 4.79 Å². The Morgan fingerprint density at radius 3 is 2.33 bits per heavy atom. The maximum atomic E-state index is 12.7. The zero-order valence-corrected chi connectivity index (χ0v) is 12.4. The second kappa shape index (κ2) is 5.26. The van der Waals surface area contributed by atoms with Crippen LogP contribution in [0, 0.1) is 0 Å². The molecule has 0 aromatic heterocycles. The van der Waals surface area contributed by atoms with Gasteiger partial charge in [0.15, 0.2) is 0 Å². The van der Waals surface area contributed by atoms with E-state index < -0.39 is 5.91 Å². The van der Waals surface area contributed by atoms with Crippen LogP contribution in [0.25, 0.3) is 10.8 Å². The fourth-order valence-corrected chi connectivity index (χ4v) is 2.90. The van der Waals surface area contributed by atoms with Crippen LogP contribution in [0.1, 0.15) is 20.7 Å². The molecule has 0 spiro atoms. The summed E-state index contributed by atoms with van der Waals surface area (Å²) in [6, 6.07) is 17.6. The first-order chi connectivity index (χ1) is 11.7. The first kappa shape index (κ1) is 14.1. The lowest BCUT2D eigenvalue weighted by atomic mass is 10.1. The molecule has 0 fully saturated rings. The number of nitrogens with zero attached hydrogens (tertiary/aromatic N) is 2. The molecule has 5 nitrogen and oxygen atoms in total. The van der Waals surface area contributed by atoms with Crippen LogP contribution in [0.3, 0.4) is 0 Å². The van der Waals surface area contributed by atoms with Crippen LogP contribution < -0.4 is 4.90 Å². The van der Waals surface area contributed by atoms with Crippen LogP contribution in [0.4, 0.5) is 11.4 Å². The summed E-state index contributed by atoms with van der Waals surface area (Å²) in [5.74, 6) is -0.805. The molecule has 0 N–H and O–H groups in total. The Morgan fingerprint density at radius 1 is 0.792 bits per heavy atom. The largest absolute Gasteiger partial charge is 0.268 e. The highest BCUT2D eigenvalue weighted by molar-refractivity contribution is 6.34. The van der Waals surface area contributed by atoms with Crippen molar-refractivity contribution in [2.24, 2.45) is 4.99 Å². The third-order valence-electron chi connectivity index (χ3n) is 4.04. The van der Waals surface area contributed by atoms with Gasteiger partial charge in [0.05, 0.1) is 22.5 Å². The molecule has 1 heterocycles. The topological polar surface area (TPSA) is 66.8 Å². The summed E-state index contributed by atoms with van der Waals surface area (Å²) >= 11 is 0. The second-order valence-corrected chi connectivity index (χ2v) is 5.41. The molecule has 1 aliphatic heterocycles. The number of hydrogen-bond acceptors (Lipinski definition) is 4. The Balaban J connectivity index is 1.82. The van der Waals surface area contributed by atoms with Gasteiger partial charge in [0.2, 0.25) is 6.08 Å². The first-order valence-corrected chi connectivity index (χ1v) is 7.28. The maximum absolute atomic E-state index is 12.7. The van der Waals surface area contributed by atoms with E-state index in [0.717, 1.165) is 15.7 Å². The van der Waals surface area contributed by atoms with E-state index in [1.807, 2.05) is 36.4 Å². The minimum Gasteiger partial charge on any atom is -0.268 e. The van der Waals surface area contributed by atoms with E-state index >= 15 is 0 Å². The lowest BCUT2D eigenvalue weighted by Crippen LogP contribution is -2.29. The summed E-state index contributed by atoms with van der Waals surface area (Å²) in [5, 5.41) is 1.97. The quantitative estimate of drug-likeness (QED) is 0.412. The van der Waals surface area contributed by atoms with E-state index in [0.29, 0.717) is 16.9 Å². The zero-order valence-electron chi connectivity index (χ0n) is 12.4. The van der Waals surface area contributed by atoms with Gasteiger partial charge in [-0.1, -0.05) is 30.3 Å². The molecule has 5 heteroatoms. The molecule has 0 radical (unpaired) electrons. The van der Waals surface area contributed by atoms with Crippen LogP contribution >= 0.6 is 0 Å². The second-order valence-electron chi connectivity index (χ2n) is 5.41. The predicted octanol–water partition coefficient (Wildman–Crippen LogP) is 3.61. The average molecular weight is 314 g/mol. The predicted molar refractivity (Wildman–Crippen MR) is 89.3 cm³/mol. The molecular formula is C19H10N2O3. The first-order valence-electron chi connectivity index (χ1n) is 7.28. The minimum atomic E-state index is -0.423. The van der Waals surface area contributed by atoms with Crippen molar-refractivity contribution in [2.75, 3.05) is 4.90 Å². The number of isocyanates is 1. The van der Waals surface area contributed by atoms with Gasteiger partial charge >= 0.3 is 0 Å². The average Bonchev–Trinajstić information content (AvgIpc) is 2.85. The molecule has 2 amide bonds. The number of aliphatic imine (C=N–C) groups is 1. The molecule has 0 atom stereocenters. The molecule has 24 heavy (non-hydrogen) atoms. The Labute approximate surface area is 136 Å². The van der Waals surface area contributed by atoms with Crippen molar-refractivity contribution in [3.05, 3.63) is 71.8 Å². The number of benzene rings is 3. The highest BCUT2D eigenvalue weighted by Gasteiger charge is 2.36. The zero-order chi connectivity index (χ0) is 16.7. The van der Waals surface area contributed by atoms with Gasteiger partial charge in [-0.25, -0.2) is 9.69 Å². The molecule has 0 unspecified atom stereocenters. The summed E-state index contributed by atoms with van der Waals surface area (Å²) in [6.45, 7) is 0. The van der Waals surface area contributed by atoms with Crippen molar-refractivity contribution in [3.8, 4) is 0 Å². The van der Waals surface area contributed by atoms with Crippen molar-refractivity contribution in [1.29, 1.82) is 0 Å². The Bertz CT molecular complexity index is 1070. The van der Waals surface area contributed by atoms with Gasteiger partial charge in [-0.15, -0.1) is 0 Å². The van der Waals surface area contributed by atoms with Gasteiger partial charge in [0, 0.05) is 0 Å². The fourth-order valence-electron chi connectivity index (χ4n) is 2.90. The highest BCUT2D eigenvalue weighted by Crippen LogP contribution is 2.32. The van der Waals surface area contributed by atoms with E-state index in [-0.39, 0.29) is 11.5 Å². The molecule has 3 aromatic carbocycles. The van der Waals surface area contributed by atoms with E-state index in [1.165, 1.54) is 24.3 Å². The van der Waals surface area contributed by atoms with Crippen molar-refractivity contribution >= 4 is 40.0 Å². The third kappa shape index (κ3) is 2.04. The number of amides is 2. The standard InChI is InChI=1S/C19H10N2O3/c22-11-20-14-6-8-16-17(10-14)19(24)21(18(16)23)15-7-5-12-3-1-2-4-13(12)9-15/h1-10H. The number of rotatable bonds is 2. The normalized spacial score (nSPS) is 13.1. The lowest BCUT2D eigenvalue weighted by molar-refractivity contribution is 0.0926. The van der Waals surface area contributed by atoms with Gasteiger partial charge in [-0.3, -0.25) is 9.59 Å². The van der Waals surface area contributed by atoms with Gasteiger partial charge in [0.25, 0.3) is 11.8 Å². The Kier molecular flexibility index (Phi) is 3.08. The number of imide groups is 1. The van der Waals surface area contributed by atoms with Crippen LogP contribution in [0.2, 0.25) is 0 Å². The van der Waals surface area contributed by atoms with Crippen molar-refractivity contribution in [2.45, 2.75) is 0 Å². The van der Waals surface area contributed by atoms with Crippen LogP contribution in [-0.4, -0.2) is 17.9 Å². The molecule has 0 saturated heterocycles. The summed E-state index contributed by atoms with van der Waals surface area (Å²) in [7, 11) is 0. The summed E-state index contributed by atoms with van der Waals surface area (Å²) < 4.78 is 0. The maximum Gasteiger partial charge on any atom is 0.266 e. The molecule has 1 aliphatic rings. The number of carbonyl (C=O) groups excluding carboxylic acids is 3. The summed E-state index contributed by atoms with van der Waals surface area (Å²) in [4.78, 5) is 40.3. The van der Waals surface area contributed by atoms with Gasteiger partial charge in [0.1, 0.15) is 0 Å². The van der Waals surface area contributed by atoms with Crippen LogP contribution in [0.5, 0.6) is 0 Å². The van der Waals surface area contributed by atoms with Gasteiger partial charge in [-0.05, 0) is 41.1 Å². The number of carbonyl (C=O) groups is 2. The number of hydrogen-bond donors (Lipinski definition) is 0. The van der Waals surface area contributed by atoms with Crippen molar-refractivity contribution in [1.82, 2.24) is 0 Å². The van der Waals surface area contributed by atoms with E-state index in [9.17, 15) is 14.4 Å². The van der Waals surface area contributed by atoms with Gasteiger partial charge < -0.3 is 0 Å². The van der Waals surface area contributed by atoms with Gasteiger partial charge in [-0.2, -0.15) is 4.99 Å². The van der Waals surface area contributed by atoms with E-state index in [2.05, 4.69) is 4.99 Å². The fraction of sp³-hybridized carbons (Fsp3) is 0. The number of fused-ring (bicyclic) bond motifs is 2. The highest BCUT2D eigenvalue weighted by atomic mass is 16.2. The third-order valence-corrected chi connectivity index (χ3v) is 4.04. The number of anilines is 1. The Morgan fingerprint density at radius 2 is 1.54 bits per heavy atom. The smallest absolute Gasteiger partial charge is 0.266 e. The van der Waals surface area contributed by atoms with Crippen molar-refractivity contribution < 1.29 is 14.4 Å². The molecule has 0 aliphatic carbocycles. The van der Waals surface area contributed by atoms with E-state index in [4.69, 9.17) is 0 Å². The molecule has 4 rings (SSSR count). The monoisotopic (exact) mass is 314 g/mol. The summed E-state index contributed by atoms with van der Waals surface area (Å²) in [5.41, 5.74) is 1.35. The molecule has 0 bridgehead atoms. The SMILES string of the molecule is O=C=Nc1ccc2c(c1)C(=O)N(c1ccc3ccccc3c1)C2=O. The summed E-state index contributed by atoms with van der Waals surface area (Å²) in [6.07, 6.45) is 1.43. The Hall–Kier alpha value is -3.56. The lowest BCUT2D eigenvalue weighted by Gasteiger charge is -2.14. The minimum absolute atomic E-state index is 0.240. The molecule has 114 valence electrons. The van der Waals surface area contributed by atoms with Crippen LogP contribution in [0.15, 0.2) is 65.7 Å². The molecule has 0 saturated carbocycles. The molecule has 3 aromatic rings.